The van der Waals surface area contributed by atoms with Gasteiger partial charge in [0.05, 0.1) is 19.3 Å². The number of hydrogen-bond donors (Lipinski definition) is 10. The second-order valence-corrected chi connectivity index (χ2v) is 10.6. The van der Waals surface area contributed by atoms with E-state index in [4.69, 9.17) is 23.7 Å². The molecule has 0 saturated carbocycles. The molecule has 0 bridgehead atoms. The Morgan fingerprint density at radius 1 is 0.867 bits per heavy atom. The molecule has 2 aromatic rings. The highest BCUT2D eigenvalue weighted by atomic mass is 16.7. The zero-order valence-electron chi connectivity index (χ0n) is 23.8. The van der Waals surface area contributed by atoms with Gasteiger partial charge in [-0.15, -0.1) is 0 Å². The number of aliphatic hydroxyl groups excluding tert-OH is 6. The van der Waals surface area contributed by atoms with Gasteiger partial charge in [-0.3, -0.25) is 0 Å². The number of phenolic OH excluding ortho intramolecular Hbond substituents is 4. The van der Waals surface area contributed by atoms with Crippen LogP contribution in [0.2, 0.25) is 0 Å². The second-order valence-electron chi connectivity index (χ2n) is 10.6. The van der Waals surface area contributed by atoms with E-state index < -0.39 is 104 Å². The average molecular weight is 641 g/mol. The van der Waals surface area contributed by atoms with Crippen LogP contribution in [0.3, 0.4) is 0 Å². The van der Waals surface area contributed by atoms with Crippen molar-refractivity contribution >= 4 is 12.0 Å². The van der Waals surface area contributed by atoms with E-state index in [2.05, 4.69) is 0 Å². The number of aliphatic hydroxyl groups is 6. The lowest BCUT2D eigenvalue weighted by Crippen LogP contribution is -2.65. The highest BCUT2D eigenvalue weighted by molar-refractivity contribution is 5.87. The minimum atomic E-state index is -1.87. The largest absolute Gasteiger partial charge is 0.504 e. The van der Waals surface area contributed by atoms with Gasteiger partial charge in [0, 0.05) is 6.08 Å². The van der Waals surface area contributed by atoms with E-state index in [1.807, 2.05) is 0 Å². The van der Waals surface area contributed by atoms with Crippen molar-refractivity contribution in [2.75, 3.05) is 13.2 Å². The number of phenols is 4. The number of carbonyl (C=O) groups excluding carboxylic acids is 1. The van der Waals surface area contributed by atoms with Crippen molar-refractivity contribution in [1.82, 2.24) is 0 Å². The maximum atomic E-state index is 12.9. The quantitative estimate of drug-likeness (QED) is 0.0802. The molecular weight excluding hydrogens is 604 g/mol. The zero-order valence-corrected chi connectivity index (χ0v) is 23.8. The van der Waals surface area contributed by atoms with Gasteiger partial charge < -0.3 is 74.7 Å². The number of rotatable bonds is 10. The minimum absolute atomic E-state index is 0.118. The van der Waals surface area contributed by atoms with Crippen LogP contribution in [-0.4, -0.2) is 132 Å². The van der Waals surface area contributed by atoms with Crippen LogP contribution in [0, 0.1) is 0 Å². The molecule has 45 heavy (non-hydrogen) atoms. The lowest BCUT2D eigenvalue weighted by atomic mass is 9.96. The normalized spacial score (nSPS) is 32.8. The SMILES string of the molecule is C[C@@H]1O[C@@H](O[C@@H]2[C@@H](OC[C@@H](O)c3ccc(O)c(O)c3)[C@H](O)O[C@H](CO)[C@H]2OC(=O)/C=C/c2ccc(O)c(O)c2)[C@H](O)[C@H](O)[C@H]1O. The second kappa shape index (κ2) is 14.7. The Balaban J connectivity index is 1.60. The van der Waals surface area contributed by atoms with Crippen molar-refractivity contribution in [2.24, 2.45) is 0 Å². The molecule has 16 nitrogen and oxygen atoms in total. The smallest absolute Gasteiger partial charge is 0.331 e. The zero-order chi connectivity index (χ0) is 33.0. The summed E-state index contributed by atoms with van der Waals surface area (Å²) in [6.07, 6.45) is -15.0. The molecule has 2 aliphatic rings. The Labute approximate surface area is 256 Å². The monoisotopic (exact) mass is 640 g/mol. The summed E-state index contributed by atoms with van der Waals surface area (Å²) in [7, 11) is 0. The van der Waals surface area contributed by atoms with Gasteiger partial charge in [-0.2, -0.15) is 0 Å². The van der Waals surface area contributed by atoms with Crippen molar-refractivity contribution in [1.29, 1.82) is 0 Å². The summed E-state index contributed by atoms with van der Waals surface area (Å²) in [6.45, 7) is 0.0143. The van der Waals surface area contributed by atoms with Crippen LogP contribution < -0.4 is 0 Å². The van der Waals surface area contributed by atoms with Gasteiger partial charge in [-0.05, 0) is 48.4 Å². The average Bonchev–Trinajstić information content (AvgIpc) is 3.01. The summed E-state index contributed by atoms with van der Waals surface area (Å²) >= 11 is 0. The third-order valence-electron chi connectivity index (χ3n) is 7.38. The molecule has 4 rings (SSSR count). The van der Waals surface area contributed by atoms with Crippen molar-refractivity contribution < 1.29 is 79.5 Å². The molecule has 10 N–H and O–H groups in total. The fourth-order valence-corrected chi connectivity index (χ4v) is 4.83. The van der Waals surface area contributed by atoms with Crippen LogP contribution in [0.25, 0.3) is 6.08 Å². The summed E-state index contributed by atoms with van der Waals surface area (Å²) in [4.78, 5) is 12.9. The molecule has 0 spiro atoms. The third kappa shape index (κ3) is 8.00. The van der Waals surface area contributed by atoms with Crippen LogP contribution >= 0.6 is 0 Å². The maximum Gasteiger partial charge on any atom is 0.331 e. The van der Waals surface area contributed by atoms with Crippen LogP contribution in [0.4, 0.5) is 0 Å². The Morgan fingerprint density at radius 3 is 2.18 bits per heavy atom. The van der Waals surface area contributed by atoms with E-state index in [1.165, 1.54) is 37.3 Å². The van der Waals surface area contributed by atoms with Gasteiger partial charge in [-0.1, -0.05) is 12.1 Å². The highest BCUT2D eigenvalue weighted by Crippen LogP contribution is 2.33. The van der Waals surface area contributed by atoms with Crippen molar-refractivity contribution in [3.63, 3.8) is 0 Å². The molecule has 0 amide bonds. The Hall–Kier alpha value is -3.55. The number of aromatic hydroxyl groups is 4. The first kappa shape index (κ1) is 34.3. The lowest BCUT2D eigenvalue weighted by Gasteiger charge is -2.46. The fourth-order valence-electron chi connectivity index (χ4n) is 4.83. The minimum Gasteiger partial charge on any atom is -0.504 e. The summed E-state index contributed by atoms with van der Waals surface area (Å²) < 4.78 is 28.1. The van der Waals surface area contributed by atoms with Crippen LogP contribution in [0.5, 0.6) is 23.0 Å². The molecule has 2 fully saturated rings. The lowest BCUT2D eigenvalue weighted by molar-refractivity contribution is -0.358. The molecule has 0 radical (unpaired) electrons. The van der Waals surface area contributed by atoms with Crippen molar-refractivity contribution in [3.05, 3.63) is 53.6 Å². The van der Waals surface area contributed by atoms with Crippen molar-refractivity contribution in [3.8, 4) is 23.0 Å². The van der Waals surface area contributed by atoms with Crippen LogP contribution in [0.15, 0.2) is 42.5 Å². The summed E-state index contributed by atoms with van der Waals surface area (Å²) in [5, 5.41) is 101. The number of hydrogen-bond acceptors (Lipinski definition) is 16. The maximum absolute atomic E-state index is 12.9. The topological polar surface area (TPSA) is 266 Å². The molecule has 2 aromatic carbocycles. The van der Waals surface area contributed by atoms with Gasteiger partial charge in [0.2, 0.25) is 0 Å². The molecule has 2 aliphatic heterocycles. The number of benzene rings is 2. The molecule has 0 aliphatic carbocycles. The highest BCUT2D eigenvalue weighted by Gasteiger charge is 2.52. The molecule has 16 heteroatoms. The first-order valence-electron chi connectivity index (χ1n) is 13.8. The standard InChI is InChI=1S/C29H36O16/c1-12-22(37)23(38)24(39)29(42-12)45-26-25(44-21(36)7-3-13-2-5-15(31)17(33)8-13)20(10-30)43-28(40)27(26)41-11-19(35)14-4-6-16(32)18(34)9-14/h2-9,12,19-20,22-35,37-40H,10-11H2,1H3/b7-3+/t12-,19+,20+,22-,23+,24+,25+,26-,27+,28+,29-/m0/s1. The van der Waals surface area contributed by atoms with E-state index in [0.29, 0.717) is 5.56 Å². The first-order valence-corrected chi connectivity index (χ1v) is 13.8. The van der Waals surface area contributed by atoms with E-state index in [0.717, 1.165) is 18.2 Å². The van der Waals surface area contributed by atoms with Gasteiger partial charge in [-0.25, -0.2) is 4.79 Å². The molecule has 2 saturated heterocycles. The summed E-state index contributed by atoms with van der Waals surface area (Å²) in [5.41, 5.74) is 0.423. The van der Waals surface area contributed by atoms with E-state index in [1.54, 1.807) is 0 Å². The number of ether oxygens (including phenoxy) is 5. The van der Waals surface area contributed by atoms with Crippen LogP contribution in [0.1, 0.15) is 24.2 Å². The molecular formula is C29H36O16. The Morgan fingerprint density at radius 2 is 1.53 bits per heavy atom. The molecule has 0 aromatic heterocycles. The molecule has 248 valence electrons. The number of esters is 1. The molecule has 0 unspecified atom stereocenters. The van der Waals surface area contributed by atoms with E-state index >= 15 is 0 Å². The predicted octanol–water partition coefficient (Wildman–Crippen LogP) is -1.53. The van der Waals surface area contributed by atoms with Crippen molar-refractivity contribution in [2.45, 2.75) is 74.4 Å². The van der Waals surface area contributed by atoms with Gasteiger partial charge in [0.25, 0.3) is 0 Å². The first-order chi connectivity index (χ1) is 21.3. The van der Waals surface area contributed by atoms with Gasteiger partial charge >= 0.3 is 5.97 Å². The summed E-state index contributed by atoms with van der Waals surface area (Å²) in [5.74, 6) is -2.78. The van der Waals surface area contributed by atoms with E-state index in [-0.39, 0.29) is 11.3 Å². The predicted molar refractivity (Wildman–Crippen MR) is 148 cm³/mol. The Kier molecular flexibility index (Phi) is 11.2. The Bertz CT molecular complexity index is 1340. The third-order valence-corrected chi connectivity index (χ3v) is 7.38. The van der Waals surface area contributed by atoms with Crippen LogP contribution in [-0.2, 0) is 28.5 Å². The number of carbonyl (C=O) groups is 1. The fraction of sp³-hybridized carbons (Fsp3) is 0.483. The molecule has 2 heterocycles. The summed E-state index contributed by atoms with van der Waals surface area (Å²) in [6, 6.07) is 7.28. The van der Waals surface area contributed by atoms with Gasteiger partial charge in [0.1, 0.15) is 42.7 Å². The molecule has 11 atom stereocenters. The van der Waals surface area contributed by atoms with E-state index in [9.17, 15) is 55.9 Å². The van der Waals surface area contributed by atoms with Gasteiger partial charge in [0.15, 0.2) is 41.7 Å².